The minimum absolute atomic E-state index is 0.0194. The van der Waals surface area contributed by atoms with Crippen LogP contribution in [0, 0.1) is 0 Å². The van der Waals surface area contributed by atoms with E-state index in [9.17, 15) is 0 Å². The van der Waals surface area contributed by atoms with E-state index in [4.69, 9.17) is 5.73 Å². The molecule has 0 bridgehead atoms. The molecular formula is C12H20N4. The van der Waals surface area contributed by atoms with Crippen molar-refractivity contribution in [2.45, 2.75) is 39.0 Å². The van der Waals surface area contributed by atoms with Gasteiger partial charge in [-0.05, 0) is 12.8 Å². The Labute approximate surface area is 96.9 Å². The molecule has 0 radical (unpaired) electrons. The Morgan fingerprint density at radius 1 is 1.19 bits per heavy atom. The molecule has 0 aromatic carbocycles. The fourth-order valence-corrected chi connectivity index (χ4v) is 1.90. The largest absolute Gasteiger partial charge is 0.384 e. The van der Waals surface area contributed by atoms with Crippen molar-refractivity contribution in [3.8, 4) is 0 Å². The van der Waals surface area contributed by atoms with Crippen LogP contribution in [0.4, 0.5) is 11.8 Å². The van der Waals surface area contributed by atoms with Crippen LogP contribution in [-0.4, -0.2) is 23.1 Å². The number of aromatic nitrogens is 2. The van der Waals surface area contributed by atoms with E-state index in [1.807, 2.05) is 6.07 Å². The fourth-order valence-electron chi connectivity index (χ4n) is 1.90. The smallest absolute Gasteiger partial charge is 0.227 e. The fraction of sp³-hybridized carbons (Fsp3) is 0.667. The van der Waals surface area contributed by atoms with Crippen molar-refractivity contribution in [1.29, 1.82) is 0 Å². The summed E-state index contributed by atoms with van der Waals surface area (Å²) < 4.78 is 0. The Hall–Kier alpha value is -1.32. The summed E-state index contributed by atoms with van der Waals surface area (Å²) in [6.45, 7) is 8.52. The van der Waals surface area contributed by atoms with Gasteiger partial charge in [0.15, 0.2) is 0 Å². The van der Waals surface area contributed by atoms with Gasteiger partial charge in [0.05, 0.1) is 5.69 Å². The summed E-state index contributed by atoms with van der Waals surface area (Å²) in [7, 11) is 0. The zero-order valence-electron chi connectivity index (χ0n) is 10.3. The van der Waals surface area contributed by atoms with E-state index in [2.05, 4.69) is 35.6 Å². The normalized spacial score (nSPS) is 16.8. The number of nitrogens with two attached hydrogens (primary N) is 1. The van der Waals surface area contributed by atoms with Gasteiger partial charge < -0.3 is 10.6 Å². The number of anilines is 2. The van der Waals surface area contributed by atoms with Crippen LogP contribution in [0.1, 0.15) is 39.3 Å². The van der Waals surface area contributed by atoms with Crippen LogP contribution >= 0.6 is 0 Å². The van der Waals surface area contributed by atoms with E-state index in [1.165, 1.54) is 12.8 Å². The van der Waals surface area contributed by atoms with Gasteiger partial charge in [-0.15, -0.1) is 0 Å². The van der Waals surface area contributed by atoms with Crippen LogP contribution in [-0.2, 0) is 5.41 Å². The van der Waals surface area contributed by atoms with Gasteiger partial charge in [0.1, 0.15) is 5.82 Å². The first-order chi connectivity index (χ1) is 7.47. The number of hydrogen-bond acceptors (Lipinski definition) is 4. The predicted octanol–water partition coefficient (Wildman–Crippen LogP) is 1.96. The van der Waals surface area contributed by atoms with E-state index < -0.39 is 0 Å². The maximum Gasteiger partial charge on any atom is 0.227 e. The zero-order valence-corrected chi connectivity index (χ0v) is 10.3. The van der Waals surface area contributed by atoms with Crippen LogP contribution in [0.15, 0.2) is 6.07 Å². The van der Waals surface area contributed by atoms with Gasteiger partial charge in [0.25, 0.3) is 0 Å². The highest BCUT2D eigenvalue weighted by atomic mass is 15.3. The Morgan fingerprint density at radius 3 is 2.38 bits per heavy atom. The molecule has 1 aromatic heterocycles. The molecule has 2 heterocycles. The lowest BCUT2D eigenvalue weighted by molar-refractivity contribution is 0.566. The van der Waals surface area contributed by atoms with Crippen LogP contribution in [0.25, 0.3) is 0 Å². The molecule has 0 aliphatic carbocycles. The molecule has 0 atom stereocenters. The summed E-state index contributed by atoms with van der Waals surface area (Å²) in [5, 5.41) is 0. The highest BCUT2D eigenvalue weighted by Crippen LogP contribution is 2.25. The lowest BCUT2D eigenvalue weighted by atomic mass is 9.92. The predicted molar refractivity (Wildman–Crippen MR) is 66.6 cm³/mol. The summed E-state index contributed by atoms with van der Waals surface area (Å²) in [6, 6.07) is 1.87. The number of nitrogens with zero attached hydrogens (tertiary/aromatic N) is 3. The number of hydrogen-bond donors (Lipinski definition) is 1. The van der Waals surface area contributed by atoms with Gasteiger partial charge >= 0.3 is 0 Å². The van der Waals surface area contributed by atoms with Crippen molar-refractivity contribution in [2.24, 2.45) is 0 Å². The lowest BCUT2D eigenvalue weighted by Crippen LogP contribution is -2.23. The molecule has 16 heavy (non-hydrogen) atoms. The first kappa shape index (κ1) is 11.2. The Morgan fingerprint density at radius 2 is 1.81 bits per heavy atom. The molecule has 0 spiro atoms. The van der Waals surface area contributed by atoms with E-state index in [0.717, 1.165) is 24.7 Å². The van der Waals surface area contributed by atoms with Gasteiger partial charge in [-0.1, -0.05) is 20.8 Å². The van der Waals surface area contributed by atoms with Gasteiger partial charge in [-0.3, -0.25) is 0 Å². The molecule has 0 amide bonds. The van der Waals surface area contributed by atoms with Crippen LogP contribution < -0.4 is 10.6 Å². The average Bonchev–Trinajstić information content (AvgIpc) is 2.68. The molecule has 2 rings (SSSR count). The van der Waals surface area contributed by atoms with Crippen LogP contribution in [0.2, 0.25) is 0 Å². The van der Waals surface area contributed by atoms with Crippen molar-refractivity contribution in [3.63, 3.8) is 0 Å². The molecular weight excluding hydrogens is 200 g/mol. The molecule has 4 heteroatoms. The second-order valence-corrected chi connectivity index (χ2v) is 5.42. The SMILES string of the molecule is CC(C)(C)c1cc(N)nc(N2CCCC2)n1. The van der Waals surface area contributed by atoms with E-state index in [1.54, 1.807) is 0 Å². The maximum atomic E-state index is 5.85. The summed E-state index contributed by atoms with van der Waals surface area (Å²) in [5.41, 5.74) is 6.88. The summed E-state index contributed by atoms with van der Waals surface area (Å²) in [4.78, 5) is 11.2. The molecule has 1 saturated heterocycles. The van der Waals surface area contributed by atoms with E-state index >= 15 is 0 Å². The summed E-state index contributed by atoms with van der Waals surface area (Å²) in [5.74, 6) is 1.37. The van der Waals surface area contributed by atoms with Gasteiger partial charge in [-0.2, -0.15) is 4.98 Å². The van der Waals surface area contributed by atoms with Gasteiger partial charge in [-0.25, -0.2) is 4.98 Å². The standard InChI is InChI=1S/C12H20N4/c1-12(2,3)9-8-10(13)15-11(14-9)16-6-4-5-7-16/h8H,4-7H2,1-3H3,(H2,13,14,15). The Bertz CT molecular complexity index is 375. The Kier molecular flexibility index (Phi) is 2.74. The summed E-state index contributed by atoms with van der Waals surface area (Å²) in [6.07, 6.45) is 2.45. The minimum Gasteiger partial charge on any atom is -0.384 e. The molecule has 1 aliphatic rings. The van der Waals surface area contributed by atoms with Crippen molar-refractivity contribution < 1.29 is 0 Å². The minimum atomic E-state index is 0.0194. The van der Waals surface area contributed by atoms with Gasteiger partial charge in [0, 0.05) is 24.6 Å². The lowest BCUT2D eigenvalue weighted by Gasteiger charge is -2.21. The third-order valence-corrected chi connectivity index (χ3v) is 2.89. The van der Waals surface area contributed by atoms with Crippen molar-refractivity contribution in [2.75, 3.05) is 23.7 Å². The first-order valence-electron chi connectivity index (χ1n) is 5.87. The second kappa shape index (κ2) is 3.92. The molecule has 0 saturated carbocycles. The third kappa shape index (κ3) is 2.26. The molecule has 1 aliphatic heterocycles. The van der Waals surface area contributed by atoms with E-state index in [-0.39, 0.29) is 5.41 Å². The van der Waals surface area contributed by atoms with Crippen LogP contribution in [0.5, 0.6) is 0 Å². The molecule has 0 unspecified atom stereocenters. The zero-order chi connectivity index (χ0) is 11.8. The number of nitrogen functional groups attached to an aromatic ring is 1. The average molecular weight is 220 g/mol. The second-order valence-electron chi connectivity index (χ2n) is 5.42. The quantitative estimate of drug-likeness (QED) is 0.786. The monoisotopic (exact) mass is 220 g/mol. The van der Waals surface area contributed by atoms with Crippen molar-refractivity contribution >= 4 is 11.8 Å². The highest BCUT2D eigenvalue weighted by molar-refractivity contribution is 5.42. The van der Waals surface area contributed by atoms with Gasteiger partial charge in [0.2, 0.25) is 5.95 Å². The molecule has 1 aromatic rings. The first-order valence-corrected chi connectivity index (χ1v) is 5.87. The van der Waals surface area contributed by atoms with Crippen molar-refractivity contribution in [1.82, 2.24) is 9.97 Å². The molecule has 2 N–H and O–H groups in total. The number of rotatable bonds is 1. The third-order valence-electron chi connectivity index (χ3n) is 2.89. The highest BCUT2D eigenvalue weighted by Gasteiger charge is 2.21. The van der Waals surface area contributed by atoms with Crippen molar-refractivity contribution in [3.05, 3.63) is 11.8 Å². The maximum absolute atomic E-state index is 5.85. The van der Waals surface area contributed by atoms with Crippen LogP contribution in [0.3, 0.4) is 0 Å². The molecule has 88 valence electrons. The topological polar surface area (TPSA) is 55.0 Å². The summed E-state index contributed by atoms with van der Waals surface area (Å²) >= 11 is 0. The molecule has 4 nitrogen and oxygen atoms in total. The Balaban J connectivity index is 2.35. The molecule has 1 fully saturated rings. The van der Waals surface area contributed by atoms with E-state index in [0.29, 0.717) is 5.82 Å².